The molecule has 1 aromatic carbocycles. The quantitative estimate of drug-likeness (QED) is 0.875. The Hall–Kier alpha value is -1.53. The maximum absolute atomic E-state index is 14.4. The van der Waals surface area contributed by atoms with E-state index in [1.807, 2.05) is 6.92 Å². The number of nitrogens with one attached hydrogen (secondary N) is 1. The highest BCUT2D eigenvalue weighted by molar-refractivity contribution is 8.00. The number of hydrogen-bond acceptors (Lipinski definition) is 3. The molecule has 1 aromatic heterocycles. The van der Waals surface area contributed by atoms with Gasteiger partial charge in [0.2, 0.25) is 5.91 Å². The van der Waals surface area contributed by atoms with Crippen molar-refractivity contribution in [1.82, 2.24) is 9.78 Å². The Labute approximate surface area is 130 Å². The van der Waals surface area contributed by atoms with Crippen LogP contribution in [0.4, 0.5) is 10.2 Å². The van der Waals surface area contributed by atoms with Gasteiger partial charge in [-0.05, 0) is 13.0 Å². The Morgan fingerprint density at radius 3 is 3.05 bits per heavy atom. The minimum absolute atomic E-state index is 0.0831. The van der Waals surface area contributed by atoms with Crippen LogP contribution in [-0.4, -0.2) is 21.4 Å². The fourth-order valence-corrected chi connectivity index (χ4v) is 3.90. The first-order valence-corrected chi connectivity index (χ1v) is 7.80. The summed E-state index contributed by atoms with van der Waals surface area (Å²) in [6, 6.07) is 4.93. The molecule has 0 saturated heterocycles. The van der Waals surface area contributed by atoms with E-state index in [0.717, 1.165) is 11.3 Å². The lowest BCUT2D eigenvalue weighted by atomic mass is 10.0. The van der Waals surface area contributed by atoms with Crippen LogP contribution in [0.5, 0.6) is 0 Å². The van der Waals surface area contributed by atoms with Crippen molar-refractivity contribution >= 4 is 35.1 Å². The van der Waals surface area contributed by atoms with Crippen molar-refractivity contribution < 1.29 is 9.18 Å². The number of thioether (sulfide) groups is 1. The molecule has 0 aliphatic carbocycles. The highest BCUT2D eigenvalue weighted by Gasteiger charge is 2.31. The number of benzene rings is 1. The molecule has 1 atom stereocenters. The molecule has 2 heterocycles. The third kappa shape index (κ3) is 2.42. The average molecular weight is 326 g/mol. The lowest BCUT2D eigenvalue weighted by Crippen LogP contribution is -2.15. The van der Waals surface area contributed by atoms with Gasteiger partial charge in [-0.1, -0.05) is 23.7 Å². The number of carbonyl (C=O) groups is 1. The molecule has 0 fully saturated rings. The number of aromatic nitrogens is 2. The van der Waals surface area contributed by atoms with Crippen LogP contribution in [0.1, 0.15) is 22.1 Å². The van der Waals surface area contributed by atoms with Gasteiger partial charge < -0.3 is 5.32 Å². The van der Waals surface area contributed by atoms with Crippen LogP contribution in [-0.2, 0) is 11.8 Å². The first-order chi connectivity index (χ1) is 9.99. The molecule has 1 amide bonds. The van der Waals surface area contributed by atoms with E-state index in [9.17, 15) is 9.18 Å². The summed E-state index contributed by atoms with van der Waals surface area (Å²) in [6.07, 6.45) is 0. The number of fused-ring (bicyclic) bond motifs is 1. The number of anilines is 1. The summed E-state index contributed by atoms with van der Waals surface area (Å²) in [5, 5.41) is 6.93. The predicted octanol–water partition coefficient (Wildman–Crippen LogP) is 3.30. The zero-order valence-electron chi connectivity index (χ0n) is 11.5. The number of rotatable bonds is 1. The minimum atomic E-state index is -0.444. The number of carbonyl (C=O) groups excluding carboxylic acids is 1. The number of nitrogens with zero attached hydrogens (tertiary/aromatic N) is 2. The minimum Gasteiger partial charge on any atom is -0.310 e. The van der Waals surface area contributed by atoms with Gasteiger partial charge >= 0.3 is 0 Å². The second-order valence-electron chi connectivity index (χ2n) is 4.85. The molecule has 3 rings (SSSR count). The van der Waals surface area contributed by atoms with Gasteiger partial charge in [0, 0.05) is 18.2 Å². The van der Waals surface area contributed by atoms with Crippen LogP contribution in [0.25, 0.3) is 0 Å². The molecule has 21 heavy (non-hydrogen) atoms. The van der Waals surface area contributed by atoms with Crippen LogP contribution in [0.2, 0.25) is 5.02 Å². The lowest BCUT2D eigenvalue weighted by Gasteiger charge is -2.16. The smallest absolute Gasteiger partial charge is 0.235 e. The zero-order chi connectivity index (χ0) is 15.1. The topological polar surface area (TPSA) is 46.9 Å². The highest BCUT2D eigenvalue weighted by Crippen LogP contribution is 2.44. The van der Waals surface area contributed by atoms with Crippen LogP contribution >= 0.6 is 23.4 Å². The third-order valence-corrected chi connectivity index (χ3v) is 4.98. The van der Waals surface area contributed by atoms with E-state index in [0.29, 0.717) is 11.4 Å². The molecular formula is C14H13ClFN3OS. The first kappa shape index (κ1) is 14.4. The zero-order valence-corrected chi connectivity index (χ0v) is 13.1. The van der Waals surface area contributed by atoms with Crippen LogP contribution in [0.15, 0.2) is 18.2 Å². The third-order valence-electron chi connectivity index (χ3n) is 3.43. The molecule has 7 heteroatoms. The van der Waals surface area contributed by atoms with Gasteiger partial charge in [0.1, 0.15) is 11.6 Å². The summed E-state index contributed by atoms with van der Waals surface area (Å²) in [4.78, 5) is 11.8. The molecular weight excluding hydrogens is 313 g/mol. The second-order valence-corrected chi connectivity index (χ2v) is 6.35. The molecule has 0 unspecified atom stereocenters. The average Bonchev–Trinajstić information content (AvgIpc) is 2.61. The fourth-order valence-electron chi connectivity index (χ4n) is 2.52. The maximum Gasteiger partial charge on any atom is 0.235 e. The van der Waals surface area contributed by atoms with E-state index in [1.165, 1.54) is 17.8 Å². The van der Waals surface area contributed by atoms with Gasteiger partial charge in [-0.25, -0.2) is 4.39 Å². The molecule has 0 radical (unpaired) electrons. The van der Waals surface area contributed by atoms with Crippen LogP contribution in [0.3, 0.4) is 0 Å². The predicted molar refractivity (Wildman–Crippen MR) is 82.3 cm³/mol. The Kier molecular flexibility index (Phi) is 3.67. The van der Waals surface area contributed by atoms with Gasteiger partial charge in [0.05, 0.1) is 21.7 Å². The number of amides is 1. The summed E-state index contributed by atoms with van der Waals surface area (Å²) in [6.45, 7) is 1.85. The SMILES string of the molecule is Cc1nn(C)c2c1[C@@H](c1cccc(Cl)c1F)SCC(=O)N2. The summed E-state index contributed by atoms with van der Waals surface area (Å²) in [7, 11) is 1.76. The van der Waals surface area contributed by atoms with Crippen molar-refractivity contribution in [2.45, 2.75) is 12.2 Å². The summed E-state index contributed by atoms with van der Waals surface area (Å²) in [5.74, 6) is 0.311. The number of hydrogen-bond donors (Lipinski definition) is 1. The Bertz CT molecular complexity index is 731. The van der Waals surface area contributed by atoms with Crippen LogP contribution in [0, 0.1) is 12.7 Å². The van der Waals surface area contributed by atoms with Crippen molar-refractivity contribution in [3.8, 4) is 0 Å². The standard InChI is InChI=1S/C14H13ClFN3OS/c1-7-11-13(8-4-3-5-9(15)12(8)16)21-6-10(20)17-14(11)19(2)18-7/h3-5,13H,6H2,1-2H3,(H,17,20)/t13-/m1/s1. The van der Waals surface area contributed by atoms with Crippen molar-refractivity contribution in [2.75, 3.05) is 11.1 Å². The fraction of sp³-hybridized carbons (Fsp3) is 0.286. The molecule has 1 aliphatic rings. The molecule has 110 valence electrons. The van der Waals surface area contributed by atoms with Crippen molar-refractivity contribution in [1.29, 1.82) is 0 Å². The summed E-state index contributed by atoms with van der Waals surface area (Å²) in [5.41, 5.74) is 2.07. The molecule has 1 N–H and O–H groups in total. The Morgan fingerprint density at radius 1 is 1.52 bits per heavy atom. The summed E-state index contributed by atoms with van der Waals surface area (Å²) >= 11 is 7.26. The van der Waals surface area contributed by atoms with Gasteiger partial charge in [-0.2, -0.15) is 5.10 Å². The second kappa shape index (κ2) is 5.35. The number of aryl methyl sites for hydroxylation is 2. The van der Waals surface area contributed by atoms with Gasteiger partial charge in [-0.3, -0.25) is 9.48 Å². The van der Waals surface area contributed by atoms with E-state index in [-0.39, 0.29) is 21.9 Å². The molecule has 2 aromatic rings. The molecule has 1 aliphatic heterocycles. The Morgan fingerprint density at radius 2 is 2.29 bits per heavy atom. The monoisotopic (exact) mass is 325 g/mol. The van der Waals surface area contributed by atoms with Crippen molar-refractivity contribution in [3.63, 3.8) is 0 Å². The molecule has 0 spiro atoms. The normalized spacial score (nSPS) is 18.1. The van der Waals surface area contributed by atoms with Gasteiger partial charge in [0.15, 0.2) is 0 Å². The lowest BCUT2D eigenvalue weighted by molar-refractivity contribution is -0.113. The molecule has 4 nitrogen and oxygen atoms in total. The maximum atomic E-state index is 14.4. The molecule has 0 bridgehead atoms. The van der Waals surface area contributed by atoms with E-state index in [4.69, 9.17) is 11.6 Å². The highest BCUT2D eigenvalue weighted by atomic mass is 35.5. The Balaban J connectivity index is 2.20. The largest absolute Gasteiger partial charge is 0.310 e. The van der Waals surface area contributed by atoms with Crippen LogP contribution < -0.4 is 5.32 Å². The number of halogens is 2. The van der Waals surface area contributed by atoms with E-state index >= 15 is 0 Å². The van der Waals surface area contributed by atoms with Crippen molar-refractivity contribution in [3.05, 3.63) is 45.9 Å². The first-order valence-electron chi connectivity index (χ1n) is 6.38. The van der Waals surface area contributed by atoms with E-state index < -0.39 is 5.82 Å². The van der Waals surface area contributed by atoms with Gasteiger partial charge in [-0.15, -0.1) is 11.8 Å². The summed E-state index contributed by atoms with van der Waals surface area (Å²) < 4.78 is 16.0. The van der Waals surface area contributed by atoms with Gasteiger partial charge in [0.25, 0.3) is 0 Å². The van der Waals surface area contributed by atoms with E-state index in [2.05, 4.69) is 10.4 Å². The van der Waals surface area contributed by atoms with Crippen molar-refractivity contribution in [2.24, 2.45) is 7.05 Å². The molecule has 0 saturated carbocycles. The van der Waals surface area contributed by atoms with E-state index in [1.54, 1.807) is 23.9 Å².